The highest BCUT2D eigenvalue weighted by Crippen LogP contribution is 2.22. The lowest BCUT2D eigenvalue weighted by atomic mass is 10.2. The van der Waals surface area contributed by atoms with Crippen molar-refractivity contribution in [3.8, 4) is 5.75 Å². The molecule has 0 aromatic heterocycles. The fourth-order valence-electron chi connectivity index (χ4n) is 1.68. The van der Waals surface area contributed by atoms with Crippen molar-refractivity contribution in [2.45, 2.75) is 4.90 Å². The number of sulfonamides is 1. The monoisotopic (exact) mass is 305 g/mol. The van der Waals surface area contributed by atoms with Crippen molar-refractivity contribution in [1.29, 1.82) is 0 Å². The molecule has 4 N–H and O–H groups in total. The molecule has 0 atom stereocenters. The Labute approximate surface area is 123 Å². The van der Waals surface area contributed by atoms with Crippen LogP contribution in [0.15, 0.2) is 52.4 Å². The standard InChI is InChI=1S/C14H15N3O3S/c1-20-14-8-10(2-7-13(14)15)9-17-11-3-5-12(6-4-11)21(16,18)19/h2-9H,15H2,1H3,(H2,16,18,19). The van der Waals surface area contributed by atoms with Crippen molar-refractivity contribution in [3.05, 3.63) is 48.0 Å². The first-order chi connectivity index (χ1) is 9.90. The first-order valence-corrected chi connectivity index (χ1v) is 7.55. The van der Waals surface area contributed by atoms with Crippen LogP contribution in [0.1, 0.15) is 5.56 Å². The van der Waals surface area contributed by atoms with Crippen LogP contribution in [0.5, 0.6) is 5.75 Å². The van der Waals surface area contributed by atoms with Gasteiger partial charge in [-0.1, -0.05) is 6.07 Å². The largest absolute Gasteiger partial charge is 0.495 e. The first-order valence-electron chi connectivity index (χ1n) is 6.00. The van der Waals surface area contributed by atoms with Gasteiger partial charge >= 0.3 is 0 Å². The van der Waals surface area contributed by atoms with Crippen molar-refractivity contribution >= 4 is 27.6 Å². The highest BCUT2D eigenvalue weighted by Gasteiger charge is 2.06. The van der Waals surface area contributed by atoms with Crippen molar-refractivity contribution in [2.75, 3.05) is 12.8 Å². The predicted molar refractivity (Wildman–Crippen MR) is 82.5 cm³/mol. The van der Waals surface area contributed by atoms with Gasteiger partial charge in [0.1, 0.15) is 5.75 Å². The highest BCUT2D eigenvalue weighted by atomic mass is 32.2. The van der Waals surface area contributed by atoms with Crippen LogP contribution in [0.2, 0.25) is 0 Å². The van der Waals surface area contributed by atoms with Gasteiger partial charge in [-0.3, -0.25) is 4.99 Å². The van der Waals surface area contributed by atoms with E-state index in [1.54, 1.807) is 43.7 Å². The Morgan fingerprint density at radius 2 is 1.81 bits per heavy atom. The second kappa shape index (κ2) is 5.94. The van der Waals surface area contributed by atoms with Gasteiger partial charge in [-0.05, 0) is 42.0 Å². The van der Waals surface area contributed by atoms with Crippen LogP contribution >= 0.6 is 0 Å². The smallest absolute Gasteiger partial charge is 0.238 e. The molecule has 0 fully saturated rings. The summed E-state index contributed by atoms with van der Waals surface area (Å²) in [6.45, 7) is 0. The average Bonchev–Trinajstić information content (AvgIpc) is 2.46. The molecular formula is C14H15N3O3S. The molecule has 0 amide bonds. The number of aliphatic imine (C=N–C) groups is 1. The van der Waals surface area contributed by atoms with Gasteiger partial charge in [0, 0.05) is 6.21 Å². The zero-order valence-electron chi connectivity index (χ0n) is 11.4. The summed E-state index contributed by atoms with van der Waals surface area (Å²) in [5.41, 5.74) is 7.70. The molecule has 21 heavy (non-hydrogen) atoms. The summed E-state index contributed by atoms with van der Waals surface area (Å²) in [5.74, 6) is 0.573. The van der Waals surface area contributed by atoms with Gasteiger partial charge in [-0.15, -0.1) is 0 Å². The summed E-state index contributed by atoms with van der Waals surface area (Å²) >= 11 is 0. The number of primary sulfonamides is 1. The molecule has 0 saturated heterocycles. The Morgan fingerprint density at radius 3 is 2.38 bits per heavy atom. The highest BCUT2D eigenvalue weighted by molar-refractivity contribution is 7.89. The summed E-state index contributed by atoms with van der Waals surface area (Å²) in [7, 11) is -2.14. The number of ether oxygens (including phenoxy) is 1. The Kier molecular flexibility index (Phi) is 4.25. The molecule has 0 aliphatic carbocycles. The molecule has 0 saturated carbocycles. The summed E-state index contributed by atoms with van der Waals surface area (Å²) in [4.78, 5) is 4.30. The van der Waals surface area contributed by atoms with Gasteiger partial charge in [0.15, 0.2) is 0 Å². The van der Waals surface area contributed by atoms with Gasteiger partial charge in [0.2, 0.25) is 10.0 Å². The molecule has 6 nitrogen and oxygen atoms in total. The predicted octanol–water partition coefficient (Wildman–Crippen LogP) is 1.68. The molecule has 2 aromatic carbocycles. The fourth-order valence-corrected chi connectivity index (χ4v) is 2.19. The van der Waals surface area contributed by atoms with E-state index in [0.29, 0.717) is 17.1 Å². The maximum Gasteiger partial charge on any atom is 0.238 e. The normalized spacial score (nSPS) is 11.7. The van der Waals surface area contributed by atoms with Gasteiger partial charge in [0.25, 0.3) is 0 Å². The summed E-state index contributed by atoms with van der Waals surface area (Å²) in [6.07, 6.45) is 1.63. The molecule has 110 valence electrons. The molecule has 0 aliphatic rings. The van der Waals surface area contributed by atoms with E-state index in [4.69, 9.17) is 15.6 Å². The van der Waals surface area contributed by atoms with Crippen LogP contribution in [0.25, 0.3) is 0 Å². The third-order valence-corrected chi connectivity index (χ3v) is 3.71. The number of hydrogen-bond donors (Lipinski definition) is 2. The molecular weight excluding hydrogens is 290 g/mol. The zero-order chi connectivity index (χ0) is 15.5. The van der Waals surface area contributed by atoms with Gasteiger partial charge in [-0.2, -0.15) is 0 Å². The number of anilines is 1. The fraction of sp³-hybridized carbons (Fsp3) is 0.0714. The van der Waals surface area contributed by atoms with Crippen molar-refractivity contribution < 1.29 is 13.2 Å². The van der Waals surface area contributed by atoms with E-state index in [1.807, 2.05) is 0 Å². The minimum Gasteiger partial charge on any atom is -0.495 e. The number of benzene rings is 2. The van der Waals surface area contributed by atoms with Crippen LogP contribution in [0.4, 0.5) is 11.4 Å². The second-order valence-corrected chi connectivity index (χ2v) is 5.86. The number of nitrogens with zero attached hydrogens (tertiary/aromatic N) is 1. The van der Waals surface area contributed by atoms with Crippen LogP contribution in [0, 0.1) is 0 Å². The molecule has 0 bridgehead atoms. The summed E-state index contributed by atoms with van der Waals surface area (Å²) < 4.78 is 27.4. The number of hydrogen-bond acceptors (Lipinski definition) is 5. The number of nitrogen functional groups attached to an aromatic ring is 1. The molecule has 0 heterocycles. The van der Waals surface area contributed by atoms with E-state index < -0.39 is 10.0 Å². The lowest BCUT2D eigenvalue weighted by Gasteiger charge is -2.04. The topological polar surface area (TPSA) is 108 Å². The third kappa shape index (κ3) is 3.80. The molecule has 2 aromatic rings. The van der Waals surface area contributed by atoms with Crippen LogP contribution < -0.4 is 15.6 Å². The third-order valence-electron chi connectivity index (χ3n) is 2.79. The minimum atomic E-state index is -3.68. The first kappa shape index (κ1) is 15.0. The van der Waals surface area contributed by atoms with Crippen LogP contribution in [0.3, 0.4) is 0 Å². The van der Waals surface area contributed by atoms with Gasteiger partial charge < -0.3 is 10.5 Å². The Balaban J connectivity index is 2.21. The van der Waals surface area contributed by atoms with E-state index in [9.17, 15) is 8.42 Å². The quantitative estimate of drug-likeness (QED) is 0.661. The van der Waals surface area contributed by atoms with Gasteiger partial charge in [-0.25, -0.2) is 13.6 Å². The molecule has 2 rings (SSSR count). The van der Waals surface area contributed by atoms with E-state index in [0.717, 1.165) is 5.56 Å². The molecule has 0 unspecified atom stereocenters. The molecule has 0 aliphatic heterocycles. The SMILES string of the molecule is COc1cc(C=Nc2ccc(S(N)(=O)=O)cc2)ccc1N. The number of rotatable bonds is 4. The van der Waals surface area contributed by atoms with Crippen molar-refractivity contribution in [1.82, 2.24) is 0 Å². The molecule has 0 radical (unpaired) electrons. The lowest BCUT2D eigenvalue weighted by Crippen LogP contribution is -2.11. The van der Waals surface area contributed by atoms with Crippen molar-refractivity contribution in [2.24, 2.45) is 10.1 Å². The summed E-state index contributed by atoms with van der Waals surface area (Å²) in [6, 6.07) is 11.3. The molecule has 7 heteroatoms. The minimum absolute atomic E-state index is 0.0515. The zero-order valence-corrected chi connectivity index (χ0v) is 12.2. The van der Waals surface area contributed by atoms with E-state index in [1.165, 1.54) is 12.1 Å². The summed E-state index contributed by atoms with van der Waals surface area (Å²) in [5, 5.41) is 5.03. The maximum atomic E-state index is 11.1. The van der Waals surface area contributed by atoms with Crippen molar-refractivity contribution in [3.63, 3.8) is 0 Å². The van der Waals surface area contributed by atoms with E-state index >= 15 is 0 Å². The van der Waals surface area contributed by atoms with E-state index in [-0.39, 0.29) is 4.90 Å². The van der Waals surface area contributed by atoms with E-state index in [2.05, 4.69) is 4.99 Å². The van der Waals surface area contributed by atoms with Crippen LogP contribution in [-0.2, 0) is 10.0 Å². The number of nitrogens with two attached hydrogens (primary N) is 2. The maximum absolute atomic E-state index is 11.1. The van der Waals surface area contributed by atoms with Crippen LogP contribution in [-0.4, -0.2) is 21.7 Å². The lowest BCUT2D eigenvalue weighted by molar-refractivity contribution is 0.417. The van der Waals surface area contributed by atoms with Gasteiger partial charge in [0.05, 0.1) is 23.4 Å². The second-order valence-electron chi connectivity index (χ2n) is 4.30. The molecule has 0 spiro atoms. The number of methoxy groups -OCH3 is 1. The Morgan fingerprint density at radius 1 is 1.14 bits per heavy atom. The Bertz CT molecular complexity index is 769. The Hall–Kier alpha value is -2.38. The average molecular weight is 305 g/mol.